The van der Waals surface area contributed by atoms with E-state index in [1.807, 2.05) is 20.8 Å². The number of hydrogen-bond acceptors (Lipinski definition) is 3. The van der Waals surface area contributed by atoms with Gasteiger partial charge in [-0.05, 0) is 45.1 Å². The molecule has 15 heavy (non-hydrogen) atoms. The van der Waals surface area contributed by atoms with Gasteiger partial charge in [0.2, 0.25) is 0 Å². The third-order valence-electron chi connectivity index (χ3n) is 2.23. The smallest absolute Gasteiger partial charge is 0.435 e. The minimum Gasteiger partial charge on any atom is -0.442 e. The molecular formula is C11H16N2O2. The van der Waals surface area contributed by atoms with E-state index >= 15 is 0 Å². The molecule has 0 atom stereocenters. The summed E-state index contributed by atoms with van der Waals surface area (Å²) < 4.78 is 6.48. The molecule has 1 saturated carbocycles. The second kappa shape index (κ2) is 3.36. The highest BCUT2D eigenvalue weighted by Gasteiger charge is 2.26. The SMILES string of the molecule is CC(C)(C)OC(=O)n1cc(C2CC2)cn1. The van der Waals surface area contributed by atoms with Crippen LogP contribution in [0.1, 0.15) is 45.1 Å². The Balaban J connectivity index is 2.05. The van der Waals surface area contributed by atoms with Gasteiger partial charge in [-0.25, -0.2) is 4.79 Å². The van der Waals surface area contributed by atoms with E-state index in [4.69, 9.17) is 4.74 Å². The van der Waals surface area contributed by atoms with E-state index in [9.17, 15) is 4.79 Å². The molecule has 82 valence electrons. The maximum absolute atomic E-state index is 11.6. The fourth-order valence-electron chi connectivity index (χ4n) is 1.37. The van der Waals surface area contributed by atoms with Crippen molar-refractivity contribution in [2.75, 3.05) is 0 Å². The Hall–Kier alpha value is -1.32. The van der Waals surface area contributed by atoms with Crippen LogP contribution in [-0.4, -0.2) is 21.5 Å². The second-order valence-electron chi connectivity index (χ2n) is 4.97. The number of ether oxygens (including phenoxy) is 1. The quantitative estimate of drug-likeness (QED) is 0.712. The fourth-order valence-corrected chi connectivity index (χ4v) is 1.37. The van der Waals surface area contributed by atoms with Crippen molar-refractivity contribution in [3.8, 4) is 0 Å². The van der Waals surface area contributed by atoms with Crippen LogP contribution < -0.4 is 0 Å². The lowest BCUT2D eigenvalue weighted by atomic mass is 10.2. The summed E-state index contributed by atoms with van der Waals surface area (Å²) in [6.45, 7) is 5.53. The van der Waals surface area contributed by atoms with Crippen molar-refractivity contribution in [3.05, 3.63) is 18.0 Å². The van der Waals surface area contributed by atoms with E-state index in [2.05, 4.69) is 5.10 Å². The highest BCUT2D eigenvalue weighted by Crippen LogP contribution is 2.39. The first-order valence-corrected chi connectivity index (χ1v) is 5.23. The maximum Gasteiger partial charge on any atom is 0.435 e. The van der Waals surface area contributed by atoms with Crippen molar-refractivity contribution >= 4 is 6.09 Å². The molecule has 1 aromatic rings. The number of aromatic nitrogens is 2. The van der Waals surface area contributed by atoms with Crippen LogP contribution in [0.4, 0.5) is 4.79 Å². The Kier molecular flexibility index (Phi) is 2.29. The maximum atomic E-state index is 11.6. The lowest BCUT2D eigenvalue weighted by molar-refractivity contribution is 0.0514. The molecule has 0 saturated heterocycles. The summed E-state index contributed by atoms with van der Waals surface area (Å²) in [7, 11) is 0. The molecule has 1 aromatic heterocycles. The molecule has 1 aliphatic rings. The van der Waals surface area contributed by atoms with E-state index in [1.54, 1.807) is 12.4 Å². The standard InChI is InChI=1S/C11H16N2O2/c1-11(2,3)15-10(14)13-7-9(6-12-13)8-4-5-8/h6-8H,4-5H2,1-3H3. The van der Waals surface area contributed by atoms with Crippen molar-refractivity contribution in [1.29, 1.82) is 0 Å². The summed E-state index contributed by atoms with van der Waals surface area (Å²) in [5.41, 5.74) is 0.670. The van der Waals surface area contributed by atoms with Crippen LogP contribution in [0.5, 0.6) is 0 Å². The third kappa shape index (κ3) is 2.58. The molecule has 2 rings (SSSR count). The summed E-state index contributed by atoms with van der Waals surface area (Å²) in [5.74, 6) is 0.612. The van der Waals surface area contributed by atoms with Crippen LogP contribution in [0.25, 0.3) is 0 Å². The highest BCUT2D eigenvalue weighted by atomic mass is 16.6. The van der Waals surface area contributed by atoms with Gasteiger partial charge in [0, 0.05) is 6.20 Å². The lowest BCUT2D eigenvalue weighted by Gasteiger charge is -2.18. The average Bonchev–Trinajstić information content (AvgIpc) is 2.81. The zero-order valence-electron chi connectivity index (χ0n) is 9.36. The summed E-state index contributed by atoms with van der Waals surface area (Å²) >= 11 is 0. The van der Waals surface area contributed by atoms with Crippen molar-refractivity contribution in [3.63, 3.8) is 0 Å². The molecule has 0 aliphatic heterocycles. The van der Waals surface area contributed by atoms with E-state index in [0.717, 1.165) is 5.56 Å². The molecule has 0 aromatic carbocycles. The van der Waals surface area contributed by atoms with Crippen molar-refractivity contribution in [1.82, 2.24) is 9.78 Å². The van der Waals surface area contributed by atoms with E-state index < -0.39 is 11.7 Å². The Morgan fingerprint density at radius 3 is 2.73 bits per heavy atom. The molecule has 0 N–H and O–H groups in total. The van der Waals surface area contributed by atoms with Gasteiger partial charge < -0.3 is 4.74 Å². The molecule has 1 aliphatic carbocycles. The fraction of sp³-hybridized carbons (Fsp3) is 0.636. The first kappa shape index (κ1) is 10.2. The van der Waals surface area contributed by atoms with Crippen LogP contribution in [0, 0.1) is 0 Å². The number of carbonyl (C=O) groups excluding carboxylic acids is 1. The first-order valence-electron chi connectivity index (χ1n) is 5.23. The summed E-state index contributed by atoms with van der Waals surface area (Å²) in [6.07, 6.45) is 5.53. The molecule has 1 heterocycles. The van der Waals surface area contributed by atoms with Gasteiger partial charge >= 0.3 is 6.09 Å². The van der Waals surface area contributed by atoms with Gasteiger partial charge in [0.25, 0.3) is 0 Å². The Morgan fingerprint density at radius 1 is 1.53 bits per heavy atom. The molecule has 0 spiro atoms. The van der Waals surface area contributed by atoms with Crippen LogP contribution in [0.2, 0.25) is 0 Å². The third-order valence-corrected chi connectivity index (χ3v) is 2.23. The van der Waals surface area contributed by atoms with E-state index in [0.29, 0.717) is 5.92 Å². The number of rotatable bonds is 1. The van der Waals surface area contributed by atoms with Crippen LogP contribution >= 0.6 is 0 Å². The molecule has 0 unspecified atom stereocenters. The predicted molar refractivity (Wildman–Crippen MR) is 55.8 cm³/mol. The lowest BCUT2D eigenvalue weighted by Crippen LogP contribution is -2.27. The minimum atomic E-state index is -0.469. The number of carbonyl (C=O) groups is 1. The van der Waals surface area contributed by atoms with Gasteiger partial charge in [0.1, 0.15) is 5.60 Å². The van der Waals surface area contributed by atoms with Gasteiger partial charge in [0.15, 0.2) is 0 Å². The minimum absolute atomic E-state index is 0.408. The van der Waals surface area contributed by atoms with E-state index in [-0.39, 0.29) is 0 Å². The highest BCUT2D eigenvalue weighted by molar-refractivity contribution is 5.69. The van der Waals surface area contributed by atoms with Gasteiger partial charge in [-0.2, -0.15) is 9.78 Å². The first-order chi connectivity index (χ1) is 6.96. The number of hydrogen-bond donors (Lipinski definition) is 0. The Morgan fingerprint density at radius 2 is 2.20 bits per heavy atom. The monoisotopic (exact) mass is 208 g/mol. The van der Waals surface area contributed by atoms with Crippen molar-refractivity contribution in [2.45, 2.75) is 45.1 Å². The van der Waals surface area contributed by atoms with Gasteiger partial charge in [0.05, 0.1) is 6.20 Å². The topological polar surface area (TPSA) is 44.1 Å². The molecule has 0 bridgehead atoms. The van der Waals surface area contributed by atoms with Crippen LogP contribution in [-0.2, 0) is 4.74 Å². The molecule has 0 amide bonds. The van der Waals surface area contributed by atoms with Crippen molar-refractivity contribution in [2.24, 2.45) is 0 Å². The Labute approximate surface area is 89.2 Å². The average molecular weight is 208 g/mol. The summed E-state index contributed by atoms with van der Waals surface area (Å²) in [5, 5.41) is 4.00. The number of nitrogens with zero attached hydrogens (tertiary/aromatic N) is 2. The molecule has 4 heteroatoms. The molecule has 0 radical (unpaired) electrons. The predicted octanol–water partition coefficient (Wildman–Crippen LogP) is 2.54. The molecule has 4 nitrogen and oxygen atoms in total. The Bertz CT molecular complexity index is 372. The second-order valence-corrected chi connectivity index (χ2v) is 4.97. The van der Waals surface area contributed by atoms with Crippen molar-refractivity contribution < 1.29 is 9.53 Å². The summed E-state index contributed by atoms with van der Waals surface area (Å²) in [6, 6.07) is 0. The van der Waals surface area contributed by atoms with E-state index in [1.165, 1.54) is 17.5 Å². The normalized spacial score (nSPS) is 16.5. The van der Waals surface area contributed by atoms with Gasteiger partial charge in [-0.3, -0.25) is 0 Å². The van der Waals surface area contributed by atoms with Crippen LogP contribution in [0.15, 0.2) is 12.4 Å². The van der Waals surface area contributed by atoms with Gasteiger partial charge in [-0.1, -0.05) is 0 Å². The summed E-state index contributed by atoms with van der Waals surface area (Å²) in [4.78, 5) is 11.6. The zero-order valence-corrected chi connectivity index (χ0v) is 9.36. The molecular weight excluding hydrogens is 192 g/mol. The van der Waals surface area contributed by atoms with Crippen LogP contribution in [0.3, 0.4) is 0 Å². The zero-order chi connectivity index (χ0) is 11.1. The van der Waals surface area contributed by atoms with Gasteiger partial charge in [-0.15, -0.1) is 0 Å². The molecule has 1 fully saturated rings. The largest absolute Gasteiger partial charge is 0.442 e.